The Labute approximate surface area is 185 Å². The van der Waals surface area contributed by atoms with Gasteiger partial charge in [-0.2, -0.15) is 0 Å². The number of hydrogen-bond acceptors (Lipinski definition) is 4. The van der Waals surface area contributed by atoms with Crippen LogP contribution in [-0.2, 0) is 0 Å². The summed E-state index contributed by atoms with van der Waals surface area (Å²) in [6.45, 7) is 1.70. The molecule has 4 nitrogen and oxygen atoms in total. The second-order valence-corrected chi connectivity index (χ2v) is 7.91. The third kappa shape index (κ3) is 3.88. The van der Waals surface area contributed by atoms with Crippen molar-refractivity contribution in [2.75, 3.05) is 0 Å². The van der Waals surface area contributed by atoms with Gasteiger partial charge >= 0.3 is 5.97 Å². The van der Waals surface area contributed by atoms with Crippen molar-refractivity contribution >= 4 is 45.4 Å². The Hall–Kier alpha value is -2.96. The van der Waals surface area contributed by atoms with Crippen LogP contribution in [0.15, 0.2) is 64.8 Å². The molecule has 1 aliphatic rings. The fourth-order valence-corrected chi connectivity index (χ4v) is 3.55. The second kappa shape index (κ2) is 8.05. The van der Waals surface area contributed by atoms with Gasteiger partial charge in [0.05, 0.1) is 16.1 Å². The first-order chi connectivity index (χ1) is 14.3. The summed E-state index contributed by atoms with van der Waals surface area (Å²) in [5.74, 6) is -1.10. The van der Waals surface area contributed by atoms with E-state index in [1.54, 1.807) is 37.3 Å². The molecule has 3 aromatic carbocycles. The topological polar surface area (TPSA) is 52.6 Å². The molecule has 1 aliphatic heterocycles. The number of ether oxygens (including phenoxy) is 2. The zero-order valence-electron chi connectivity index (χ0n) is 15.5. The summed E-state index contributed by atoms with van der Waals surface area (Å²) in [5, 5.41) is 0.163. The average molecular weight is 488 g/mol. The minimum Gasteiger partial charge on any atom is -0.452 e. The van der Waals surface area contributed by atoms with E-state index in [1.807, 2.05) is 0 Å². The number of aryl methyl sites for hydroxylation is 1. The first kappa shape index (κ1) is 20.3. The fourth-order valence-electron chi connectivity index (χ4n) is 3.07. The van der Waals surface area contributed by atoms with E-state index >= 15 is 0 Å². The monoisotopic (exact) mass is 486 g/mol. The summed E-state index contributed by atoms with van der Waals surface area (Å²) >= 11 is 9.35. The van der Waals surface area contributed by atoms with Crippen molar-refractivity contribution < 1.29 is 23.5 Å². The van der Waals surface area contributed by atoms with Gasteiger partial charge in [0.2, 0.25) is 5.78 Å². The van der Waals surface area contributed by atoms with Crippen LogP contribution < -0.4 is 9.47 Å². The van der Waals surface area contributed by atoms with Crippen molar-refractivity contribution in [2.45, 2.75) is 6.92 Å². The van der Waals surface area contributed by atoms with Crippen LogP contribution in [-0.4, -0.2) is 11.8 Å². The Kier molecular flexibility index (Phi) is 5.45. The summed E-state index contributed by atoms with van der Waals surface area (Å²) in [6, 6.07) is 14.0. The van der Waals surface area contributed by atoms with E-state index in [2.05, 4.69) is 15.9 Å². The Morgan fingerprint density at radius 1 is 1.17 bits per heavy atom. The standard InChI is InChI=1S/C23H13BrClFO4/c1-12-9-15(29-23(28)13-5-7-14(24)8-6-13)10-19-21(12)22(27)20(30-19)11-16-17(25)3-2-4-18(16)26/h2-11H,1H3/b20-11-. The van der Waals surface area contributed by atoms with Gasteiger partial charge in [-0.3, -0.25) is 4.79 Å². The lowest BCUT2D eigenvalue weighted by molar-refractivity contribution is 0.0734. The highest BCUT2D eigenvalue weighted by Gasteiger charge is 2.31. The number of fused-ring (bicyclic) bond motifs is 1. The van der Waals surface area contributed by atoms with Gasteiger partial charge in [0.1, 0.15) is 17.3 Å². The van der Waals surface area contributed by atoms with Gasteiger partial charge in [-0.05, 0) is 61.0 Å². The molecule has 1 heterocycles. The number of hydrogen-bond donors (Lipinski definition) is 0. The summed E-state index contributed by atoms with van der Waals surface area (Å²) in [6.07, 6.45) is 1.27. The highest BCUT2D eigenvalue weighted by Crippen LogP contribution is 2.38. The third-order valence-corrected chi connectivity index (χ3v) is 5.37. The van der Waals surface area contributed by atoms with Crippen LogP contribution in [0.4, 0.5) is 4.39 Å². The molecule has 30 heavy (non-hydrogen) atoms. The largest absolute Gasteiger partial charge is 0.452 e. The van der Waals surface area contributed by atoms with Crippen LogP contribution in [0.3, 0.4) is 0 Å². The highest BCUT2D eigenvalue weighted by molar-refractivity contribution is 9.10. The minimum absolute atomic E-state index is 0.0588. The van der Waals surface area contributed by atoms with Gasteiger partial charge < -0.3 is 9.47 Å². The van der Waals surface area contributed by atoms with Crippen molar-refractivity contribution in [2.24, 2.45) is 0 Å². The first-order valence-electron chi connectivity index (χ1n) is 8.84. The van der Waals surface area contributed by atoms with Crippen LogP contribution >= 0.6 is 27.5 Å². The second-order valence-electron chi connectivity index (χ2n) is 6.58. The molecule has 7 heteroatoms. The van der Waals surface area contributed by atoms with Crippen LogP contribution in [0.25, 0.3) is 6.08 Å². The molecule has 0 spiro atoms. The smallest absolute Gasteiger partial charge is 0.343 e. The summed E-state index contributed by atoms with van der Waals surface area (Å²) in [5.41, 5.74) is 1.34. The number of halogens is 3. The quantitative estimate of drug-likeness (QED) is 0.244. The van der Waals surface area contributed by atoms with Gasteiger partial charge in [0.15, 0.2) is 5.76 Å². The van der Waals surface area contributed by atoms with E-state index in [-0.39, 0.29) is 27.8 Å². The van der Waals surface area contributed by atoms with E-state index in [4.69, 9.17) is 21.1 Å². The molecule has 0 aliphatic carbocycles. The molecule has 0 saturated carbocycles. The van der Waals surface area contributed by atoms with Crippen LogP contribution in [0.1, 0.15) is 31.8 Å². The van der Waals surface area contributed by atoms with Gasteiger partial charge in [-0.15, -0.1) is 0 Å². The van der Waals surface area contributed by atoms with Crippen molar-refractivity contribution in [1.82, 2.24) is 0 Å². The molecule has 0 bridgehead atoms. The number of carbonyl (C=O) groups excluding carboxylic acids is 2. The van der Waals surface area contributed by atoms with Crippen molar-refractivity contribution in [3.05, 3.63) is 97.9 Å². The maximum atomic E-state index is 14.1. The number of esters is 1. The number of carbonyl (C=O) groups is 2. The number of benzene rings is 3. The Morgan fingerprint density at radius 2 is 1.90 bits per heavy atom. The minimum atomic E-state index is -0.566. The fraction of sp³-hybridized carbons (Fsp3) is 0.0435. The zero-order chi connectivity index (χ0) is 21.4. The number of allylic oxidation sites excluding steroid dienone is 1. The van der Waals surface area contributed by atoms with E-state index in [1.165, 1.54) is 30.3 Å². The molecule has 0 amide bonds. The molecule has 0 saturated heterocycles. The molecule has 0 N–H and O–H groups in total. The predicted octanol–water partition coefficient (Wildman–Crippen LogP) is 6.39. The van der Waals surface area contributed by atoms with E-state index < -0.39 is 17.6 Å². The lowest BCUT2D eigenvalue weighted by Gasteiger charge is -2.08. The molecule has 0 radical (unpaired) electrons. The van der Waals surface area contributed by atoms with E-state index in [0.29, 0.717) is 16.7 Å². The van der Waals surface area contributed by atoms with E-state index in [9.17, 15) is 14.0 Å². The summed E-state index contributed by atoms with van der Waals surface area (Å²) in [4.78, 5) is 25.1. The molecular weight excluding hydrogens is 475 g/mol. The molecule has 0 atom stereocenters. The Balaban J connectivity index is 1.63. The van der Waals surface area contributed by atoms with E-state index in [0.717, 1.165) is 4.47 Å². The lowest BCUT2D eigenvalue weighted by atomic mass is 10.0. The lowest BCUT2D eigenvalue weighted by Crippen LogP contribution is -2.08. The number of ketones is 1. The maximum absolute atomic E-state index is 14.1. The van der Waals surface area contributed by atoms with Gasteiger partial charge in [-0.25, -0.2) is 9.18 Å². The van der Waals surface area contributed by atoms with Gasteiger partial charge in [-0.1, -0.05) is 33.6 Å². The van der Waals surface area contributed by atoms with Crippen molar-refractivity contribution in [1.29, 1.82) is 0 Å². The summed E-state index contributed by atoms with van der Waals surface area (Å²) in [7, 11) is 0. The average Bonchev–Trinajstić information content (AvgIpc) is 3.01. The number of rotatable bonds is 3. The molecule has 4 rings (SSSR count). The highest BCUT2D eigenvalue weighted by atomic mass is 79.9. The Morgan fingerprint density at radius 3 is 2.60 bits per heavy atom. The van der Waals surface area contributed by atoms with Crippen LogP contribution in [0.2, 0.25) is 5.02 Å². The number of Topliss-reactive ketones (excluding diaryl/α,β-unsaturated/α-hetero) is 1. The molecule has 0 fully saturated rings. The first-order valence-corrected chi connectivity index (χ1v) is 10.0. The third-order valence-electron chi connectivity index (χ3n) is 4.51. The Bertz CT molecular complexity index is 1200. The van der Waals surface area contributed by atoms with Crippen LogP contribution in [0, 0.1) is 12.7 Å². The molecular formula is C23H13BrClFO4. The molecule has 0 unspecified atom stereocenters. The summed E-state index contributed by atoms with van der Waals surface area (Å²) < 4.78 is 26.0. The molecule has 150 valence electrons. The molecule has 0 aromatic heterocycles. The SMILES string of the molecule is Cc1cc(OC(=O)c2ccc(Br)cc2)cc2c1C(=O)/C(=C/c1c(F)cccc1Cl)O2. The normalized spacial score (nSPS) is 13.9. The predicted molar refractivity (Wildman–Crippen MR) is 115 cm³/mol. The van der Waals surface area contributed by atoms with Crippen molar-refractivity contribution in [3.63, 3.8) is 0 Å². The molecule has 3 aromatic rings. The van der Waals surface area contributed by atoms with Gasteiger partial charge in [0, 0.05) is 16.1 Å². The maximum Gasteiger partial charge on any atom is 0.343 e. The van der Waals surface area contributed by atoms with Crippen molar-refractivity contribution in [3.8, 4) is 11.5 Å². The zero-order valence-corrected chi connectivity index (χ0v) is 17.9. The van der Waals surface area contributed by atoms with Gasteiger partial charge in [0.25, 0.3) is 0 Å². The van der Waals surface area contributed by atoms with Crippen LogP contribution in [0.5, 0.6) is 11.5 Å².